The Balaban J connectivity index is 1.63. The van der Waals surface area contributed by atoms with Gasteiger partial charge in [0.15, 0.2) is 0 Å². The lowest BCUT2D eigenvalue weighted by atomic mass is 10.2. The lowest BCUT2D eigenvalue weighted by Gasteiger charge is -2.20. The maximum Gasteiger partial charge on any atom is 0.348 e. The molecule has 0 atom stereocenters. The number of hydrogen-bond acceptors (Lipinski definition) is 5. The third-order valence-corrected chi connectivity index (χ3v) is 6.90. The molecule has 0 saturated carbocycles. The summed E-state index contributed by atoms with van der Waals surface area (Å²) in [5.41, 5.74) is 2.91. The van der Waals surface area contributed by atoms with Crippen molar-refractivity contribution >= 4 is 29.3 Å². The average Bonchev–Trinajstić information content (AvgIpc) is 3.23. The van der Waals surface area contributed by atoms with Crippen LogP contribution in [-0.2, 0) is 30.7 Å². The van der Waals surface area contributed by atoms with Gasteiger partial charge in [-0.15, -0.1) is 0 Å². The largest absolute Gasteiger partial charge is 0.351 e. The summed E-state index contributed by atoms with van der Waals surface area (Å²) in [6, 6.07) is 7.45. The molecule has 1 aromatic heterocycles. The number of fused-ring (bicyclic) bond motifs is 1. The SMILES string of the molecule is CCN(CC)CCn1c2c(c(SCC(=O)NCc3ccccc3Cl)nc1=O)CCC2. The Labute approximate surface area is 187 Å². The summed E-state index contributed by atoms with van der Waals surface area (Å²) in [5.74, 6) is 0.131. The van der Waals surface area contributed by atoms with E-state index in [4.69, 9.17) is 11.6 Å². The van der Waals surface area contributed by atoms with Crippen LogP contribution >= 0.6 is 23.4 Å². The van der Waals surface area contributed by atoms with Crippen molar-refractivity contribution in [2.45, 2.75) is 51.2 Å². The number of hydrogen-bond donors (Lipinski definition) is 1. The van der Waals surface area contributed by atoms with Gasteiger partial charge in [0.2, 0.25) is 5.91 Å². The van der Waals surface area contributed by atoms with E-state index in [9.17, 15) is 9.59 Å². The maximum absolute atomic E-state index is 12.7. The molecule has 1 N–H and O–H groups in total. The van der Waals surface area contributed by atoms with Crippen LogP contribution in [0.3, 0.4) is 0 Å². The molecule has 0 spiro atoms. The molecule has 0 fully saturated rings. The van der Waals surface area contributed by atoms with Crippen LogP contribution in [0.4, 0.5) is 0 Å². The molecule has 30 heavy (non-hydrogen) atoms. The summed E-state index contributed by atoms with van der Waals surface area (Å²) < 4.78 is 1.84. The normalized spacial score (nSPS) is 12.9. The summed E-state index contributed by atoms with van der Waals surface area (Å²) in [6.45, 7) is 8.10. The first-order valence-electron chi connectivity index (χ1n) is 10.5. The number of amides is 1. The van der Waals surface area contributed by atoms with E-state index in [1.165, 1.54) is 11.8 Å². The number of thioether (sulfide) groups is 1. The number of benzene rings is 1. The number of aromatic nitrogens is 2. The van der Waals surface area contributed by atoms with E-state index in [0.717, 1.165) is 55.7 Å². The molecule has 6 nitrogen and oxygen atoms in total. The van der Waals surface area contributed by atoms with E-state index in [2.05, 4.69) is 29.0 Å². The van der Waals surface area contributed by atoms with Crippen molar-refractivity contribution in [3.8, 4) is 0 Å². The zero-order valence-corrected chi connectivity index (χ0v) is 19.2. The Morgan fingerprint density at radius 1 is 1.27 bits per heavy atom. The fourth-order valence-electron chi connectivity index (χ4n) is 3.74. The van der Waals surface area contributed by atoms with Crippen LogP contribution in [0, 0.1) is 0 Å². The van der Waals surface area contributed by atoms with Crippen molar-refractivity contribution in [1.29, 1.82) is 0 Å². The monoisotopic (exact) mass is 448 g/mol. The van der Waals surface area contributed by atoms with Crippen LogP contribution in [0.1, 0.15) is 37.1 Å². The summed E-state index contributed by atoms with van der Waals surface area (Å²) in [4.78, 5) is 31.6. The van der Waals surface area contributed by atoms with Gasteiger partial charge in [0.1, 0.15) is 5.03 Å². The number of likely N-dealkylation sites (N-methyl/N-ethyl adjacent to an activating group) is 1. The van der Waals surface area contributed by atoms with Crippen molar-refractivity contribution in [3.63, 3.8) is 0 Å². The Morgan fingerprint density at radius 3 is 2.77 bits per heavy atom. The molecule has 0 radical (unpaired) electrons. The van der Waals surface area contributed by atoms with Gasteiger partial charge < -0.3 is 10.2 Å². The van der Waals surface area contributed by atoms with E-state index in [1.54, 1.807) is 6.07 Å². The van der Waals surface area contributed by atoms with Crippen LogP contribution < -0.4 is 11.0 Å². The Hall–Kier alpha value is -1.83. The van der Waals surface area contributed by atoms with Crippen LogP contribution in [0.15, 0.2) is 34.1 Å². The van der Waals surface area contributed by atoms with Crippen LogP contribution in [0.2, 0.25) is 5.02 Å². The molecular weight excluding hydrogens is 420 g/mol. The standard InChI is InChI=1S/C22H29ClN4O2S/c1-3-26(4-2)12-13-27-19-11-7-9-17(19)21(25-22(27)29)30-15-20(28)24-14-16-8-5-6-10-18(16)23/h5-6,8,10H,3-4,7,9,11-15H2,1-2H3,(H,24,28). The molecule has 1 aliphatic carbocycles. The predicted octanol–water partition coefficient (Wildman–Crippen LogP) is 3.14. The second-order valence-corrected chi connectivity index (χ2v) is 8.68. The van der Waals surface area contributed by atoms with E-state index >= 15 is 0 Å². The minimum Gasteiger partial charge on any atom is -0.351 e. The van der Waals surface area contributed by atoms with Gasteiger partial charge in [-0.1, -0.05) is 55.4 Å². The minimum atomic E-state index is -0.207. The molecule has 0 saturated heterocycles. The highest BCUT2D eigenvalue weighted by Crippen LogP contribution is 2.29. The molecule has 1 heterocycles. The van der Waals surface area contributed by atoms with Gasteiger partial charge in [-0.25, -0.2) is 4.79 Å². The molecule has 0 bridgehead atoms. The van der Waals surface area contributed by atoms with E-state index in [1.807, 2.05) is 22.8 Å². The summed E-state index contributed by atoms with van der Waals surface area (Å²) in [5, 5.41) is 4.23. The summed E-state index contributed by atoms with van der Waals surface area (Å²) in [6.07, 6.45) is 2.84. The van der Waals surface area contributed by atoms with E-state index < -0.39 is 0 Å². The summed E-state index contributed by atoms with van der Waals surface area (Å²) >= 11 is 7.48. The molecule has 1 amide bonds. The number of carbonyl (C=O) groups excluding carboxylic acids is 1. The highest BCUT2D eigenvalue weighted by molar-refractivity contribution is 7.99. The Bertz CT molecular complexity index is 943. The fraction of sp³-hybridized carbons (Fsp3) is 0.500. The third-order valence-electron chi connectivity index (χ3n) is 5.51. The molecule has 1 aliphatic rings. The van der Waals surface area contributed by atoms with Crippen LogP contribution in [0.25, 0.3) is 0 Å². The molecule has 2 aromatic rings. The lowest BCUT2D eigenvalue weighted by Crippen LogP contribution is -2.34. The molecule has 1 aromatic carbocycles. The van der Waals surface area contributed by atoms with Crippen molar-refractivity contribution < 1.29 is 4.79 Å². The fourth-order valence-corrected chi connectivity index (χ4v) is 4.85. The van der Waals surface area contributed by atoms with E-state index in [0.29, 0.717) is 23.1 Å². The molecule has 162 valence electrons. The van der Waals surface area contributed by atoms with Gasteiger partial charge in [0.25, 0.3) is 0 Å². The molecular formula is C22H29ClN4O2S. The van der Waals surface area contributed by atoms with Gasteiger partial charge in [0.05, 0.1) is 5.75 Å². The van der Waals surface area contributed by atoms with Gasteiger partial charge >= 0.3 is 5.69 Å². The van der Waals surface area contributed by atoms with Gasteiger partial charge in [-0.3, -0.25) is 9.36 Å². The quantitative estimate of drug-likeness (QED) is 0.446. The third kappa shape index (κ3) is 5.65. The van der Waals surface area contributed by atoms with Crippen LogP contribution in [-0.4, -0.2) is 45.7 Å². The zero-order chi connectivity index (χ0) is 21.5. The number of carbonyl (C=O) groups is 1. The smallest absolute Gasteiger partial charge is 0.348 e. The first kappa shape index (κ1) is 22.8. The van der Waals surface area contributed by atoms with Gasteiger partial charge in [-0.2, -0.15) is 4.98 Å². The topological polar surface area (TPSA) is 67.2 Å². The Morgan fingerprint density at radius 2 is 2.03 bits per heavy atom. The average molecular weight is 449 g/mol. The number of nitrogens with one attached hydrogen (secondary N) is 1. The maximum atomic E-state index is 12.7. The van der Waals surface area contributed by atoms with Crippen molar-refractivity contribution in [2.75, 3.05) is 25.4 Å². The highest BCUT2D eigenvalue weighted by atomic mass is 35.5. The molecule has 3 rings (SSSR count). The molecule has 0 unspecified atom stereocenters. The highest BCUT2D eigenvalue weighted by Gasteiger charge is 2.22. The zero-order valence-electron chi connectivity index (χ0n) is 17.6. The molecule has 8 heteroatoms. The number of nitrogens with zero attached hydrogens (tertiary/aromatic N) is 3. The lowest BCUT2D eigenvalue weighted by molar-refractivity contribution is -0.118. The van der Waals surface area contributed by atoms with Gasteiger partial charge in [-0.05, 0) is 44.0 Å². The number of halogens is 1. The Kier molecular flexibility index (Phi) is 8.36. The van der Waals surface area contributed by atoms with Crippen molar-refractivity contribution in [1.82, 2.24) is 19.8 Å². The first-order valence-corrected chi connectivity index (χ1v) is 11.9. The first-order chi connectivity index (χ1) is 14.5. The summed E-state index contributed by atoms with van der Waals surface area (Å²) in [7, 11) is 0. The minimum absolute atomic E-state index is 0.0980. The van der Waals surface area contributed by atoms with Crippen LogP contribution in [0.5, 0.6) is 0 Å². The van der Waals surface area contributed by atoms with Crippen molar-refractivity contribution in [2.24, 2.45) is 0 Å². The molecule has 0 aliphatic heterocycles. The van der Waals surface area contributed by atoms with Gasteiger partial charge in [0, 0.05) is 35.9 Å². The van der Waals surface area contributed by atoms with E-state index in [-0.39, 0.29) is 17.3 Å². The second kappa shape index (κ2) is 11.0. The predicted molar refractivity (Wildman–Crippen MR) is 122 cm³/mol. The number of rotatable bonds is 10. The van der Waals surface area contributed by atoms with Crippen molar-refractivity contribution in [3.05, 3.63) is 56.6 Å². The second-order valence-electron chi connectivity index (χ2n) is 7.31.